The summed E-state index contributed by atoms with van der Waals surface area (Å²) >= 11 is 0. The van der Waals surface area contributed by atoms with Crippen LogP contribution in [-0.4, -0.2) is 216 Å². The fourth-order valence-electron chi connectivity index (χ4n) is 11.0. The molecule has 34 nitrogen and oxygen atoms in total. The van der Waals surface area contributed by atoms with E-state index in [2.05, 4.69) is 63.8 Å². The molecule has 1 saturated heterocycles. The number of aliphatic hydroxyl groups excluding tert-OH is 2. The van der Waals surface area contributed by atoms with Crippen LogP contribution in [0.4, 0.5) is 0 Å². The van der Waals surface area contributed by atoms with Crippen LogP contribution in [0.5, 0.6) is 0 Å². The molecular formula is C67H121N17O17. The van der Waals surface area contributed by atoms with Gasteiger partial charge < -0.3 is 102 Å². The first-order valence-electron chi connectivity index (χ1n) is 35.8. The molecule has 1 heterocycles. The van der Waals surface area contributed by atoms with E-state index in [9.17, 15) is 82.1 Å². The van der Waals surface area contributed by atoms with E-state index in [0.717, 1.165) is 6.42 Å². The van der Waals surface area contributed by atoms with Gasteiger partial charge in [0.15, 0.2) is 0 Å². The van der Waals surface area contributed by atoms with Gasteiger partial charge in [0.05, 0.1) is 19.8 Å². The molecule has 0 aromatic rings. The molecule has 576 valence electrons. The first-order valence-corrected chi connectivity index (χ1v) is 35.8. The van der Waals surface area contributed by atoms with E-state index < -0.39 is 211 Å². The lowest BCUT2D eigenvalue weighted by atomic mass is 9.94. The van der Waals surface area contributed by atoms with E-state index in [0.29, 0.717) is 96.7 Å². The minimum atomic E-state index is -1.80. The predicted octanol–water partition coefficient (Wildman–Crippen LogP) is -3.39. The van der Waals surface area contributed by atoms with Gasteiger partial charge in [-0.25, -0.2) is 0 Å². The molecule has 0 aromatic heterocycles. The number of nitrogens with one attached hydrogen (secondary N) is 12. The molecule has 1 aliphatic rings. The predicted molar refractivity (Wildman–Crippen MR) is 375 cm³/mol. The summed E-state index contributed by atoms with van der Waals surface area (Å²) < 4.78 is 0. The first kappa shape index (κ1) is 90.9. The molecule has 0 radical (unpaired) electrons. The Morgan fingerprint density at radius 2 is 0.782 bits per heavy atom. The lowest BCUT2D eigenvalue weighted by molar-refractivity contribution is -0.139. The highest BCUT2D eigenvalue weighted by atomic mass is 16.3. The lowest BCUT2D eigenvalue weighted by Gasteiger charge is -2.31. The molecular weight excluding hydrogens is 1310 g/mol. The Labute approximate surface area is 594 Å². The normalized spacial score (nSPS) is 16.9. The second kappa shape index (κ2) is 48.7. The zero-order valence-corrected chi connectivity index (χ0v) is 61.2. The van der Waals surface area contributed by atoms with Gasteiger partial charge in [-0.15, -0.1) is 0 Å². The molecule has 15 amide bonds. The molecule has 0 spiro atoms. The van der Waals surface area contributed by atoms with E-state index in [1.807, 2.05) is 13.8 Å². The van der Waals surface area contributed by atoms with E-state index in [4.69, 9.17) is 22.9 Å². The number of carbonyl (C=O) groups is 15. The average molecular weight is 1440 g/mol. The quantitative estimate of drug-likeness (QED) is 0.0264. The maximum Gasteiger partial charge on any atom is 0.245 e. The number of hydrogen-bond donors (Lipinski definition) is 18. The highest BCUT2D eigenvalue weighted by molar-refractivity contribution is 6.00. The Morgan fingerprint density at radius 1 is 0.426 bits per heavy atom. The highest BCUT2D eigenvalue weighted by Crippen LogP contribution is 2.20. The zero-order valence-electron chi connectivity index (χ0n) is 61.2. The molecule has 1 rings (SSSR count). The maximum atomic E-state index is 14.3. The summed E-state index contributed by atoms with van der Waals surface area (Å²) in [6.07, 6.45) is 5.97. The van der Waals surface area contributed by atoms with E-state index in [1.165, 1.54) is 25.7 Å². The van der Waals surface area contributed by atoms with Crippen LogP contribution in [0.2, 0.25) is 0 Å². The largest absolute Gasteiger partial charge is 0.394 e. The van der Waals surface area contributed by atoms with Crippen LogP contribution in [-0.2, 0) is 71.9 Å². The monoisotopic (exact) mass is 1440 g/mol. The fraction of sp³-hybridized carbons (Fsp3) is 0.776. The maximum absolute atomic E-state index is 14.3. The molecule has 34 heteroatoms. The van der Waals surface area contributed by atoms with Gasteiger partial charge in [0, 0.05) is 19.9 Å². The van der Waals surface area contributed by atoms with E-state index in [1.54, 1.807) is 41.5 Å². The molecule has 0 unspecified atom stereocenters. The Morgan fingerprint density at radius 3 is 1.21 bits per heavy atom. The van der Waals surface area contributed by atoms with Crippen molar-refractivity contribution in [3.8, 4) is 0 Å². The second-order valence-electron chi connectivity index (χ2n) is 26.5. The smallest absolute Gasteiger partial charge is 0.245 e. The van der Waals surface area contributed by atoms with Crippen LogP contribution in [0, 0.1) is 23.7 Å². The third kappa shape index (κ3) is 32.2. The second-order valence-corrected chi connectivity index (χ2v) is 26.5. The van der Waals surface area contributed by atoms with Crippen molar-refractivity contribution in [2.45, 2.75) is 271 Å². The van der Waals surface area contributed by atoms with Crippen molar-refractivity contribution < 1.29 is 82.1 Å². The summed E-state index contributed by atoms with van der Waals surface area (Å²) in [4.78, 5) is 205. The molecule has 0 aromatic carbocycles. The van der Waals surface area contributed by atoms with Crippen molar-refractivity contribution in [1.29, 1.82) is 0 Å². The number of rotatable bonds is 51. The summed E-state index contributed by atoms with van der Waals surface area (Å²) in [6, 6.07) is -15.8. The molecule has 0 aliphatic carbocycles. The molecule has 0 bridgehead atoms. The van der Waals surface area contributed by atoms with Crippen LogP contribution >= 0.6 is 0 Å². The van der Waals surface area contributed by atoms with Gasteiger partial charge in [0.1, 0.15) is 72.5 Å². The van der Waals surface area contributed by atoms with Crippen LogP contribution < -0.4 is 86.7 Å². The minimum absolute atomic E-state index is 0.0870. The van der Waals surface area contributed by atoms with Gasteiger partial charge in [-0.1, -0.05) is 114 Å². The summed E-state index contributed by atoms with van der Waals surface area (Å²) in [5.41, 5.74) is 22.4. The minimum Gasteiger partial charge on any atom is -0.394 e. The fourth-order valence-corrected chi connectivity index (χ4v) is 11.0. The van der Waals surface area contributed by atoms with Crippen LogP contribution in [0.15, 0.2) is 0 Å². The number of likely N-dealkylation sites (tertiary alicyclic amines) is 1. The van der Waals surface area contributed by atoms with Crippen molar-refractivity contribution in [2.24, 2.45) is 46.6 Å². The SMILES string of the molecule is CCCC[C@H](NC(=O)[C@H](CCCCN)NC(=O)[C@H](CCCC)NC(=O)[C@@H](CO)NC(=O)[C@@H](NC(=O)CNC(=O)[C@@H](NC(=O)[C@@H](CO)NC(=O)[C@H](CCC(N)=O)NC(=O)[C@@H](NC(=O)[C@@H](NC(=O)[C@H](CCCCN)NC(=O)[C@@H]1CCCN1C(C)=O)[C@@H](C)CC)[C@@H](C)CC)C(C)C)[C@@H](C)CC)C(N)=O. The van der Waals surface area contributed by atoms with Gasteiger partial charge >= 0.3 is 0 Å². The van der Waals surface area contributed by atoms with Crippen molar-refractivity contribution in [3.63, 3.8) is 0 Å². The van der Waals surface area contributed by atoms with Crippen molar-refractivity contribution in [1.82, 2.24) is 68.7 Å². The highest BCUT2D eigenvalue weighted by Gasteiger charge is 2.40. The molecule has 22 N–H and O–H groups in total. The zero-order chi connectivity index (χ0) is 76.6. The van der Waals surface area contributed by atoms with Crippen LogP contribution in [0.1, 0.15) is 198 Å². The van der Waals surface area contributed by atoms with E-state index in [-0.39, 0.29) is 31.6 Å². The summed E-state index contributed by atoms with van der Waals surface area (Å²) in [6.45, 7) is 16.6. The number of amides is 15. The molecule has 1 aliphatic heterocycles. The van der Waals surface area contributed by atoms with Gasteiger partial charge in [-0.2, -0.15) is 0 Å². The van der Waals surface area contributed by atoms with Crippen molar-refractivity contribution in [2.75, 3.05) is 39.4 Å². The number of hydrogen-bond acceptors (Lipinski definition) is 19. The Balaban J connectivity index is 3.32. The Bertz CT molecular complexity index is 2730. The molecule has 101 heavy (non-hydrogen) atoms. The summed E-state index contributed by atoms with van der Waals surface area (Å²) in [5.74, 6) is -14.6. The summed E-state index contributed by atoms with van der Waals surface area (Å²) in [5, 5.41) is 51.6. The van der Waals surface area contributed by atoms with Crippen LogP contribution in [0.25, 0.3) is 0 Å². The number of nitrogens with two attached hydrogens (primary N) is 4. The number of aliphatic hydroxyl groups is 2. The Hall–Kier alpha value is -8.11. The standard InChI is InChI=1S/C67H121N17O17/c1-12-17-24-42(56(71)90)73-57(91)44(26-19-21-31-68)74-58(92)43(25-18-13-2)75-61(95)47(35-85)79-65(99)53(38(8)14-3)80-51(89)34-72-64(98)52(37(6)7)81-62(96)48(36-86)78-59(93)46(29-30-50(70)88)77-66(100)54(39(9)15-4)83-67(101)55(40(10)16-5)82-60(94)45(27-20-22-32-69)76-63(97)49-28-23-33-84(49)41(11)87/h37-40,42-49,52-55,85-86H,12-36,68-69H2,1-11H3,(H2,70,88)(H2,71,90)(H,72,98)(H,73,91)(H,74,92)(H,75,95)(H,76,97)(H,77,100)(H,78,93)(H,79,99)(H,80,89)(H,81,96)(H,82,94)(H,83,101)/t38-,39-,40-,42-,43-,44-,45-,46-,47+,48+,49-,52-,53-,54-,55-/m0/s1. The number of unbranched alkanes of at least 4 members (excludes halogenated alkanes) is 4. The average Bonchev–Trinajstić information content (AvgIpc) is 1.80. The Kier molecular flexibility index (Phi) is 43.8. The topological polar surface area (TPSA) is 548 Å². The van der Waals surface area contributed by atoms with Crippen molar-refractivity contribution >= 4 is 88.6 Å². The molecule has 1 fully saturated rings. The van der Waals surface area contributed by atoms with Crippen molar-refractivity contribution in [3.05, 3.63) is 0 Å². The van der Waals surface area contributed by atoms with E-state index >= 15 is 0 Å². The van der Waals surface area contributed by atoms with Gasteiger partial charge in [0.2, 0.25) is 88.6 Å². The summed E-state index contributed by atoms with van der Waals surface area (Å²) in [7, 11) is 0. The lowest BCUT2D eigenvalue weighted by Crippen LogP contribution is -2.62. The molecule has 15 atom stereocenters. The van der Waals surface area contributed by atoms with Gasteiger partial charge in [0.25, 0.3) is 0 Å². The third-order valence-corrected chi connectivity index (χ3v) is 18.1. The number of carbonyl (C=O) groups excluding carboxylic acids is 15. The number of nitrogens with zero attached hydrogens (tertiary/aromatic N) is 1. The molecule has 0 saturated carbocycles. The van der Waals surface area contributed by atoms with Gasteiger partial charge in [-0.3, -0.25) is 71.9 Å². The van der Waals surface area contributed by atoms with Gasteiger partial charge in [-0.05, 0) is 107 Å². The van der Waals surface area contributed by atoms with Crippen LogP contribution in [0.3, 0.4) is 0 Å². The third-order valence-electron chi connectivity index (χ3n) is 18.1. The first-order chi connectivity index (χ1) is 47.7. The number of primary amides is 2.